The average molecular weight is 399 g/mol. The van der Waals surface area contributed by atoms with Gasteiger partial charge >= 0.3 is 0 Å². The minimum atomic E-state index is -0.617. The zero-order valence-corrected chi connectivity index (χ0v) is 15.9. The van der Waals surface area contributed by atoms with Gasteiger partial charge < -0.3 is 15.5 Å². The van der Waals surface area contributed by atoms with Crippen molar-refractivity contribution in [2.24, 2.45) is 0 Å². The third kappa shape index (κ3) is 3.59. The van der Waals surface area contributed by atoms with Crippen molar-refractivity contribution in [1.29, 1.82) is 0 Å². The minimum Gasteiger partial charge on any atom is -0.383 e. The first-order valence-corrected chi connectivity index (χ1v) is 9.66. The van der Waals surface area contributed by atoms with E-state index in [-0.39, 0.29) is 41.3 Å². The van der Waals surface area contributed by atoms with E-state index in [0.717, 1.165) is 6.42 Å². The largest absolute Gasteiger partial charge is 0.383 e. The van der Waals surface area contributed by atoms with Crippen molar-refractivity contribution in [2.45, 2.75) is 31.7 Å². The van der Waals surface area contributed by atoms with Crippen molar-refractivity contribution in [3.05, 3.63) is 41.8 Å². The van der Waals surface area contributed by atoms with Crippen molar-refractivity contribution in [2.75, 3.05) is 25.4 Å². The number of carbonyl (C=O) groups excluding carboxylic acids is 3. The van der Waals surface area contributed by atoms with Crippen LogP contribution in [0.3, 0.4) is 0 Å². The highest BCUT2D eigenvalue weighted by Crippen LogP contribution is 2.26. The molecule has 2 amide bonds. The van der Waals surface area contributed by atoms with Crippen LogP contribution < -0.4 is 5.73 Å². The number of ketones is 1. The molecule has 152 valence electrons. The fourth-order valence-electron chi connectivity index (χ4n) is 3.98. The number of nitrogens with two attached hydrogens (primary N) is 1. The predicted molar refractivity (Wildman–Crippen MR) is 103 cm³/mol. The molecule has 0 aliphatic carbocycles. The zero-order valence-electron chi connectivity index (χ0n) is 15.9. The first kappa shape index (κ1) is 19.1. The number of hydrogen-bond donors (Lipinski definition) is 1. The lowest BCUT2D eigenvalue weighted by Gasteiger charge is -2.26. The van der Waals surface area contributed by atoms with Gasteiger partial charge in [-0.05, 0) is 43.5 Å². The summed E-state index contributed by atoms with van der Waals surface area (Å²) in [6, 6.07) is 4.99. The third-order valence-electron chi connectivity index (χ3n) is 5.52. The molecule has 29 heavy (non-hydrogen) atoms. The molecule has 2 fully saturated rings. The first-order chi connectivity index (χ1) is 14.0. The van der Waals surface area contributed by atoms with Crippen molar-refractivity contribution >= 4 is 23.4 Å². The van der Waals surface area contributed by atoms with E-state index >= 15 is 0 Å². The molecule has 2 aliphatic rings. The fourth-order valence-corrected chi connectivity index (χ4v) is 3.98. The van der Waals surface area contributed by atoms with Gasteiger partial charge in [-0.2, -0.15) is 5.10 Å². The van der Waals surface area contributed by atoms with Crippen LogP contribution in [-0.2, 0) is 9.59 Å². The Labute approximate surface area is 167 Å². The van der Waals surface area contributed by atoms with Gasteiger partial charge in [0.25, 0.3) is 0 Å². The van der Waals surface area contributed by atoms with E-state index in [4.69, 9.17) is 5.73 Å². The summed E-state index contributed by atoms with van der Waals surface area (Å²) in [5.74, 6) is -0.747. The lowest BCUT2D eigenvalue weighted by atomic mass is 10.0. The smallest absolute Gasteiger partial charge is 0.242 e. The van der Waals surface area contributed by atoms with Gasteiger partial charge in [-0.1, -0.05) is 0 Å². The number of carbonyl (C=O) groups is 3. The van der Waals surface area contributed by atoms with E-state index in [9.17, 15) is 18.8 Å². The van der Waals surface area contributed by atoms with Gasteiger partial charge in [-0.3, -0.25) is 14.4 Å². The molecule has 0 unspecified atom stereocenters. The van der Waals surface area contributed by atoms with Crippen molar-refractivity contribution in [1.82, 2.24) is 19.6 Å². The van der Waals surface area contributed by atoms with Crippen LogP contribution in [0.2, 0.25) is 0 Å². The molecular formula is C20H22FN5O3. The second-order valence-corrected chi connectivity index (χ2v) is 7.36. The van der Waals surface area contributed by atoms with Crippen LogP contribution in [0.25, 0.3) is 5.69 Å². The SMILES string of the molecule is Nc1c(C(=O)[C@@H]2CCCN2C(=O)CN2CCCC2=O)cnn1-c1ccc(F)cc1. The minimum absolute atomic E-state index is 0.00688. The first-order valence-electron chi connectivity index (χ1n) is 9.66. The molecular weight excluding hydrogens is 377 g/mol. The van der Waals surface area contributed by atoms with E-state index < -0.39 is 6.04 Å². The Morgan fingerprint density at radius 2 is 1.93 bits per heavy atom. The molecule has 2 aliphatic heterocycles. The second-order valence-electron chi connectivity index (χ2n) is 7.36. The normalized spacial score (nSPS) is 19.2. The van der Waals surface area contributed by atoms with E-state index in [1.54, 1.807) is 9.80 Å². The van der Waals surface area contributed by atoms with Gasteiger partial charge in [-0.25, -0.2) is 9.07 Å². The number of anilines is 1. The number of rotatable bonds is 5. The van der Waals surface area contributed by atoms with Crippen LogP contribution in [0.15, 0.2) is 30.5 Å². The highest BCUT2D eigenvalue weighted by molar-refractivity contribution is 6.05. The van der Waals surface area contributed by atoms with Crippen molar-refractivity contribution in [3.63, 3.8) is 0 Å². The third-order valence-corrected chi connectivity index (χ3v) is 5.52. The van der Waals surface area contributed by atoms with Gasteiger partial charge in [0.2, 0.25) is 11.8 Å². The van der Waals surface area contributed by atoms with Gasteiger partial charge in [-0.15, -0.1) is 0 Å². The van der Waals surface area contributed by atoms with Crippen LogP contribution in [0.1, 0.15) is 36.0 Å². The van der Waals surface area contributed by atoms with E-state index in [0.29, 0.717) is 38.0 Å². The number of amides is 2. The molecule has 9 heteroatoms. The fraction of sp³-hybridized carbons (Fsp3) is 0.400. The quantitative estimate of drug-likeness (QED) is 0.766. The molecule has 0 spiro atoms. The predicted octanol–water partition coefficient (Wildman–Crippen LogP) is 1.39. The Balaban J connectivity index is 1.52. The van der Waals surface area contributed by atoms with Gasteiger partial charge in [0.05, 0.1) is 30.0 Å². The molecule has 3 heterocycles. The number of halogens is 1. The Morgan fingerprint density at radius 3 is 2.62 bits per heavy atom. The highest BCUT2D eigenvalue weighted by Gasteiger charge is 2.37. The number of likely N-dealkylation sites (tertiary alicyclic amines) is 2. The van der Waals surface area contributed by atoms with E-state index in [1.807, 2.05) is 0 Å². The van der Waals surface area contributed by atoms with E-state index in [1.165, 1.54) is 35.1 Å². The summed E-state index contributed by atoms with van der Waals surface area (Å²) in [6.07, 6.45) is 3.86. The van der Waals surface area contributed by atoms with Crippen LogP contribution in [0.4, 0.5) is 10.2 Å². The summed E-state index contributed by atoms with van der Waals surface area (Å²) >= 11 is 0. The maximum atomic E-state index is 13.2. The molecule has 2 N–H and O–H groups in total. The molecule has 0 saturated carbocycles. The van der Waals surface area contributed by atoms with Gasteiger partial charge in [0, 0.05) is 19.5 Å². The summed E-state index contributed by atoms with van der Waals surface area (Å²) in [6.45, 7) is 1.06. The molecule has 1 atom stereocenters. The maximum Gasteiger partial charge on any atom is 0.242 e. The summed E-state index contributed by atoms with van der Waals surface area (Å²) < 4.78 is 14.5. The zero-order chi connectivity index (χ0) is 20.5. The Kier molecular flexibility index (Phi) is 5.04. The summed E-state index contributed by atoms with van der Waals surface area (Å²) in [4.78, 5) is 40.7. The lowest BCUT2D eigenvalue weighted by Crippen LogP contribution is -2.46. The Bertz CT molecular complexity index is 956. The molecule has 1 aromatic carbocycles. The van der Waals surface area contributed by atoms with Crippen molar-refractivity contribution in [3.8, 4) is 5.69 Å². The molecule has 8 nitrogen and oxygen atoms in total. The number of hydrogen-bond acceptors (Lipinski definition) is 5. The second kappa shape index (κ2) is 7.65. The molecule has 2 aromatic rings. The molecule has 1 aromatic heterocycles. The maximum absolute atomic E-state index is 13.2. The number of benzene rings is 1. The molecule has 0 bridgehead atoms. The monoisotopic (exact) mass is 399 g/mol. The summed E-state index contributed by atoms with van der Waals surface area (Å²) in [5.41, 5.74) is 6.91. The van der Waals surface area contributed by atoms with Crippen LogP contribution in [-0.4, -0.2) is 62.9 Å². The topological polar surface area (TPSA) is 102 Å². The van der Waals surface area contributed by atoms with Gasteiger partial charge in [0.15, 0.2) is 5.78 Å². The average Bonchev–Trinajstić information content (AvgIpc) is 3.43. The summed E-state index contributed by atoms with van der Waals surface area (Å²) in [5, 5.41) is 4.16. The Morgan fingerprint density at radius 1 is 1.17 bits per heavy atom. The number of Topliss-reactive ketones (excluding diaryl/α,β-unsaturated/α-hetero) is 1. The number of nitrogens with zero attached hydrogens (tertiary/aromatic N) is 4. The molecule has 0 radical (unpaired) electrons. The number of aromatic nitrogens is 2. The highest BCUT2D eigenvalue weighted by atomic mass is 19.1. The van der Waals surface area contributed by atoms with Crippen LogP contribution in [0.5, 0.6) is 0 Å². The number of nitrogen functional groups attached to an aromatic ring is 1. The van der Waals surface area contributed by atoms with Crippen molar-refractivity contribution < 1.29 is 18.8 Å². The standard InChI is InChI=1S/C20H22FN5O3/c21-13-5-7-14(8-6-13)26-20(22)15(11-23-26)19(29)16-3-1-10-25(16)18(28)12-24-9-2-4-17(24)27/h5-8,11,16H,1-4,9-10,12,22H2/t16-/m0/s1. The van der Waals surface area contributed by atoms with Gasteiger partial charge in [0.1, 0.15) is 11.6 Å². The Hall–Kier alpha value is -3.23. The molecule has 4 rings (SSSR count). The molecule has 2 saturated heterocycles. The summed E-state index contributed by atoms with van der Waals surface area (Å²) in [7, 11) is 0. The van der Waals surface area contributed by atoms with E-state index in [2.05, 4.69) is 5.10 Å². The van der Waals surface area contributed by atoms with Crippen LogP contribution >= 0.6 is 0 Å². The lowest BCUT2D eigenvalue weighted by molar-refractivity contribution is -0.138. The van der Waals surface area contributed by atoms with Crippen LogP contribution in [0, 0.1) is 5.82 Å².